The summed E-state index contributed by atoms with van der Waals surface area (Å²) in [6.45, 7) is 1.68. The van der Waals surface area contributed by atoms with Crippen LogP contribution in [0.25, 0.3) is 0 Å². The molecule has 9 nitrogen and oxygen atoms in total. The van der Waals surface area contributed by atoms with Crippen molar-refractivity contribution in [2.24, 2.45) is 0 Å². The van der Waals surface area contributed by atoms with E-state index in [4.69, 9.17) is 0 Å². The fourth-order valence-electron chi connectivity index (χ4n) is 4.84. The maximum atomic E-state index is 13.1. The molecule has 2 aliphatic rings. The zero-order valence-corrected chi connectivity index (χ0v) is 19.2. The van der Waals surface area contributed by atoms with Gasteiger partial charge in [0.25, 0.3) is 12.0 Å². The second-order valence-corrected chi connectivity index (χ2v) is 8.87. The van der Waals surface area contributed by atoms with Crippen LogP contribution in [0.3, 0.4) is 0 Å². The smallest absolute Gasteiger partial charge is 0.313 e. The van der Waals surface area contributed by atoms with Crippen LogP contribution in [0.5, 0.6) is 0 Å². The second kappa shape index (κ2) is 8.84. The molecule has 0 radical (unpaired) electrons. The van der Waals surface area contributed by atoms with Crippen LogP contribution >= 0.6 is 0 Å². The van der Waals surface area contributed by atoms with Gasteiger partial charge in [0, 0.05) is 18.6 Å². The lowest BCUT2D eigenvalue weighted by Gasteiger charge is -2.52. The molecule has 0 bridgehead atoms. The summed E-state index contributed by atoms with van der Waals surface area (Å²) in [6, 6.07) is 2.39. The number of anilines is 1. The average molecular weight is 518 g/mol. The van der Waals surface area contributed by atoms with Gasteiger partial charge >= 0.3 is 6.18 Å². The minimum Gasteiger partial charge on any atom is -0.313 e. The van der Waals surface area contributed by atoms with Crippen LogP contribution in [-0.2, 0) is 11.7 Å². The molecule has 2 atom stereocenters. The number of nitrogens with zero attached hydrogens (tertiary/aromatic N) is 7. The van der Waals surface area contributed by atoms with Gasteiger partial charge in [0.1, 0.15) is 17.1 Å². The number of hydrogen-bond donors (Lipinski definition) is 1. The Labute approximate surface area is 206 Å². The molecule has 5 rings (SSSR count). The number of pyridine rings is 1. The van der Waals surface area contributed by atoms with Gasteiger partial charge in [-0.15, -0.1) is 0 Å². The molecule has 3 aromatic rings. The third kappa shape index (κ3) is 3.90. The van der Waals surface area contributed by atoms with Gasteiger partial charge in [-0.25, -0.2) is 23.7 Å². The van der Waals surface area contributed by atoms with E-state index >= 15 is 0 Å². The minimum atomic E-state index is -4.62. The highest BCUT2D eigenvalue weighted by atomic mass is 19.4. The van der Waals surface area contributed by atoms with Crippen LogP contribution in [0, 0.1) is 11.3 Å². The first-order valence-corrected chi connectivity index (χ1v) is 11.3. The molecule has 0 amide bonds. The molecule has 1 N–H and O–H groups in total. The van der Waals surface area contributed by atoms with Gasteiger partial charge in [-0.1, -0.05) is 6.07 Å². The van der Waals surface area contributed by atoms with E-state index in [1.807, 2.05) is 0 Å². The van der Waals surface area contributed by atoms with Gasteiger partial charge in [-0.05, 0) is 37.8 Å². The van der Waals surface area contributed by atoms with Crippen molar-refractivity contribution < 1.29 is 22.0 Å². The largest absolute Gasteiger partial charge is 0.433 e. The second-order valence-electron chi connectivity index (χ2n) is 8.87. The van der Waals surface area contributed by atoms with E-state index in [0.717, 1.165) is 24.7 Å². The highest BCUT2D eigenvalue weighted by molar-refractivity contribution is 5.56. The summed E-state index contributed by atoms with van der Waals surface area (Å²) in [4.78, 5) is 31.5. The number of H-pyrrole nitrogens is 1. The lowest BCUT2D eigenvalue weighted by molar-refractivity contribution is -0.141. The van der Waals surface area contributed by atoms with Gasteiger partial charge in [0.15, 0.2) is 11.9 Å². The number of halogens is 5. The number of hydrazine groups is 1. The number of rotatable bonds is 5. The number of aromatic nitrogens is 5. The van der Waals surface area contributed by atoms with Crippen molar-refractivity contribution in [3.05, 3.63) is 75.6 Å². The van der Waals surface area contributed by atoms with Crippen LogP contribution in [-0.4, -0.2) is 29.9 Å². The van der Waals surface area contributed by atoms with Gasteiger partial charge in [0.05, 0.1) is 29.6 Å². The Bertz CT molecular complexity index is 1400. The molecule has 14 heteroatoms. The van der Waals surface area contributed by atoms with Crippen molar-refractivity contribution in [2.75, 3.05) is 5.01 Å². The first kappa shape index (κ1) is 24.7. The van der Waals surface area contributed by atoms with Crippen molar-refractivity contribution >= 4 is 5.82 Å². The van der Waals surface area contributed by atoms with Gasteiger partial charge < -0.3 is 4.98 Å². The first-order valence-electron chi connectivity index (χ1n) is 11.3. The van der Waals surface area contributed by atoms with Gasteiger partial charge in [-0.3, -0.25) is 14.8 Å². The van der Waals surface area contributed by atoms with Crippen LogP contribution in [0.4, 0.5) is 27.8 Å². The number of fused-ring (bicyclic) bond motifs is 1. The number of nitrogens with one attached hydrogen (secondary N) is 1. The molecule has 37 heavy (non-hydrogen) atoms. The summed E-state index contributed by atoms with van der Waals surface area (Å²) in [5.74, 6) is 0.341. The van der Waals surface area contributed by atoms with E-state index in [1.54, 1.807) is 16.9 Å². The minimum absolute atomic E-state index is 0.0622. The Balaban J connectivity index is 1.64. The zero-order valence-electron chi connectivity index (χ0n) is 19.2. The van der Waals surface area contributed by atoms with Gasteiger partial charge in [-0.2, -0.15) is 23.4 Å². The summed E-state index contributed by atoms with van der Waals surface area (Å²) in [5.41, 5.74) is -2.58. The zero-order chi connectivity index (χ0) is 26.5. The molecule has 0 aromatic carbocycles. The first-order chi connectivity index (χ1) is 17.6. The van der Waals surface area contributed by atoms with Crippen molar-refractivity contribution in [3.8, 4) is 6.07 Å². The van der Waals surface area contributed by atoms with Crippen molar-refractivity contribution in [1.29, 1.82) is 5.26 Å². The molecule has 4 heterocycles. The molecule has 0 saturated heterocycles. The average Bonchev–Trinajstić information content (AvgIpc) is 3.18. The maximum absolute atomic E-state index is 13.1. The number of nitriles is 1. The molecular formula is C23H19F5N8O. The molecule has 3 aromatic heterocycles. The topological polar surface area (TPSA) is 115 Å². The Morgan fingerprint density at radius 2 is 1.78 bits per heavy atom. The van der Waals surface area contributed by atoms with Crippen molar-refractivity contribution in [1.82, 2.24) is 29.9 Å². The van der Waals surface area contributed by atoms with Crippen molar-refractivity contribution in [3.63, 3.8) is 0 Å². The van der Waals surface area contributed by atoms with Crippen molar-refractivity contribution in [2.45, 2.75) is 56.4 Å². The third-order valence-corrected chi connectivity index (χ3v) is 6.84. The van der Waals surface area contributed by atoms with E-state index in [-0.39, 0.29) is 22.8 Å². The standard InChI is InChI=1S/C23H19F5N8O/c1-12(13-3-4-16(30-8-13)23(26,27)28)35-19-17(20(37)34-11-33-19)15(7-29)36(35)22(5-2-6-22)21-31-9-14(10-32-21)18(24)25/h3-4,8-12,15,18H,2,5-6H2,1H3,(H,33,34,37). The van der Waals surface area contributed by atoms with E-state index in [0.29, 0.717) is 24.8 Å². The highest BCUT2D eigenvalue weighted by Crippen LogP contribution is 2.55. The summed E-state index contributed by atoms with van der Waals surface area (Å²) in [7, 11) is 0. The summed E-state index contributed by atoms with van der Waals surface area (Å²) in [5, 5.41) is 13.4. The van der Waals surface area contributed by atoms with E-state index in [9.17, 15) is 32.0 Å². The van der Waals surface area contributed by atoms with E-state index in [2.05, 4.69) is 31.0 Å². The number of hydrogen-bond acceptors (Lipinski definition) is 8. The van der Waals surface area contributed by atoms with Gasteiger partial charge in [0.2, 0.25) is 0 Å². The molecule has 2 unspecified atom stereocenters. The lowest BCUT2D eigenvalue weighted by Crippen LogP contribution is -2.58. The molecule has 1 fully saturated rings. The fourth-order valence-corrected chi connectivity index (χ4v) is 4.84. The molecule has 1 aliphatic heterocycles. The quantitative estimate of drug-likeness (QED) is 0.496. The SMILES string of the molecule is CC(c1ccc(C(F)(F)F)nc1)N1c2nc[nH]c(=O)c2C(C#N)N1C1(c2ncc(C(F)F)cn2)CCC1. The Morgan fingerprint density at radius 3 is 2.30 bits per heavy atom. The molecule has 0 spiro atoms. The van der Waals surface area contributed by atoms with Crippen LogP contribution in [0.1, 0.15) is 72.9 Å². The van der Waals surface area contributed by atoms with Crippen LogP contribution < -0.4 is 10.6 Å². The molecule has 192 valence electrons. The summed E-state index contributed by atoms with van der Waals surface area (Å²) >= 11 is 0. The van der Waals surface area contributed by atoms with Crippen LogP contribution in [0.2, 0.25) is 0 Å². The number of aromatic amines is 1. The predicted molar refractivity (Wildman–Crippen MR) is 118 cm³/mol. The lowest BCUT2D eigenvalue weighted by atomic mass is 9.74. The predicted octanol–water partition coefficient (Wildman–Crippen LogP) is 4.35. The summed E-state index contributed by atoms with van der Waals surface area (Å²) < 4.78 is 65.5. The molecule has 1 saturated carbocycles. The highest BCUT2D eigenvalue weighted by Gasteiger charge is 2.57. The normalized spacial score (nSPS) is 19.8. The summed E-state index contributed by atoms with van der Waals surface area (Å²) in [6.07, 6.45) is -1.48. The Hall–Kier alpha value is -3.99. The molecular weight excluding hydrogens is 499 g/mol. The van der Waals surface area contributed by atoms with Crippen LogP contribution in [0.15, 0.2) is 41.8 Å². The fraction of sp³-hybridized carbons (Fsp3) is 0.391. The Kier molecular flexibility index (Phi) is 5.90. The maximum Gasteiger partial charge on any atom is 0.433 e. The monoisotopic (exact) mass is 518 g/mol. The molecule has 1 aliphatic carbocycles. The number of alkyl halides is 5. The Morgan fingerprint density at radius 1 is 1.11 bits per heavy atom. The third-order valence-electron chi connectivity index (χ3n) is 6.84. The van der Waals surface area contributed by atoms with E-state index in [1.165, 1.54) is 12.4 Å². The van der Waals surface area contributed by atoms with E-state index < -0.39 is 41.5 Å².